The Morgan fingerprint density at radius 3 is 2.65 bits per heavy atom. The predicted molar refractivity (Wildman–Crippen MR) is 85.3 cm³/mol. The Labute approximate surface area is 132 Å². The van der Waals surface area contributed by atoms with Gasteiger partial charge in [-0.05, 0) is 17.7 Å². The molecule has 3 aromatic rings. The summed E-state index contributed by atoms with van der Waals surface area (Å²) in [6.07, 6.45) is 1.86. The van der Waals surface area contributed by atoms with Crippen LogP contribution in [0.4, 0.5) is 0 Å². The summed E-state index contributed by atoms with van der Waals surface area (Å²) in [4.78, 5) is 28.5. The first-order chi connectivity index (χ1) is 11.2. The fourth-order valence-corrected chi connectivity index (χ4v) is 3.33. The molecule has 4 rings (SSSR count). The van der Waals surface area contributed by atoms with E-state index in [0.29, 0.717) is 5.56 Å². The molecule has 0 saturated carbocycles. The maximum Gasteiger partial charge on any atom is 0.323 e. The normalized spacial score (nSPS) is 16.8. The number of hydrogen-bond acceptors (Lipinski definition) is 2. The summed E-state index contributed by atoms with van der Waals surface area (Å²) in [5, 5.41) is 10.2. The molecule has 1 aliphatic rings. The number of benzene rings is 2. The Morgan fingerprint density at radius 1 is 1.09 bits per heavy atom. The van der Waals surface area contributed by atoms with E-state index in [9.17, 15) is 14.7 Å². The highest BCUT2D eigenvalue weighted by molar-refractivity contribution is 6.02. The topological polar surface area (TPSA) is 73.4 Å². The number of carbonyl (C=O) groups excluding carboxylic acids is 1. The lowest BCUT2D eigenvalue weighted by Crippen LogP contribution is -2.33. The van der Waals surface area contributed by atoms with Gasteiger partial charge in [0.1, 0.15) is 6.54 Å². The second kappa shape index (κ2) is 4.98. The van der Waals surface area contributed by atoms with E-state index in [1.54, 1.807) is 12.1 Å². The van der Waals surface area contributed by atoms with Crippen molar-refractivity contribution >= 4 is 22.8 Å². The van der Waals surface area contributed by atoms with Crippen molar-refractivity contribution in [3.8, 4) is 0 Å². The minimum Gasteiger partial charge on any atom is -0.480 e. The molecule has 1 atom stereocenters. The fourth-order valence-electron chi connectivity index (χ4n) is 3.33. The van der Waals surface area contributed by atoms with Gasteiger partial charge >= 0.3 is 5.97 Å². The van der Waals surface area contributed by atoms with Gasteiger partial charge in [0, 0.05) is 28.2 Å². The molecule has 5 heteroatoms. The SMILES string of the molecule is O=C(O)CN1C(=O)c2ccccc2[C@H]1c1c[nH]c2ccccc12. The highest BCUT2D eigenvalue weighted by Crippen LogP contribution is 2.40. The predicted octanol–water partition coefficient (Wildman–Crippen LogP) is 2.80. The van der Waals surface area contributed by atoms with Crippen molar-refractivity contribution in [3.05, 3.63) is 71.4 Å². The maximum absolute atomic E-state index is 12.6. The van der Waals surface area contributed by atoms with Crippen LogP contribution in [-0.2, 0) is 4.79 Å². The molecule has 0 radical (unpaired) electrons. The Bertz CT molecular complexity index is 929. The number of carboxylic acids is 1. The number of rotatable bonds is 3. The van der Waals surface area contributed by atoms with Crippen molar-refractivity contribution in [1.29, 1.82) is 0 Å². The number of aromatic nitrogens is 1. The number of aromatic amines is 1. The van der Waals surface area contributed by atoms with Gasteiger partial charge in [-0.3, -0.25) is 9.59 Å². The number of amides is 1. The molecule has 2 heterocycles. The van der Waals surface area contributed by atoms with Crippen LogP contribution in [0.15, 0.2) is 54.7 Å². The van der Waals surface area contributed by atoms with E-state index in [-0.39, 0.29) is 18.5 Å². The molecule has 1 aliphatic heterocycles. The number of aliphatic carboxylic acids is 1. The number of carbonyl (C=O) groups is 2. The summed E-state index contributed by atoms with van der Waals surface area (Å²) < 4.78 is 0. The van der Waals surface area contributed by atoms with E-state index in [4.69, 9.17) is 0 Å². The van der Waals surface area contributed by atoms with Gasteiger partial charge in [0.05, 0.1) is 6.04 Å². The van der Waals surface area contributed by atoms with Crippen molar-refractivity contribution in [2.75, 3.05) is 6.54 Å². The molecule has 0 unspecified atom stereocenters. The first kappa shape index (κ1) is 13.6. The summed E-state index contributed by atoms with van der Waals surface area (Å²) in [5.74, 6) is -1.26. The van der Waals surface area contributed by atoms with Crippen LogP contribution in [-0.4, -0.2) is 33.4 Å². The Kier molecular flexibility index (Phi) is 2.94. The van der Waals surface area contributed by atoms with Crippen LogP contribution in [0.3, 0.4) is 0 Å². The monoisotopic (exact) mass is 306 g/mol. The molecule has 5 nitrogen and oxygen atoms in total. The maximum atomic E-state index is 12.6. The molecule has 23 heavy (non-hydrogen) atoms. The molecule has 0 aliphatic carbocycles. The molecule has 0 bridgehead atoms. The molecule has 1 amide bonds. The molecule has 2 aromatic carbocycles. The van der Waals surface area contributed by atoms with Gasteiger partial charge in [-0.15, -0.1) is 0 Å². The summed E-state index contributed by atoms with van der Waals surface area (Å²) in [6.45, 7) is -0.322. The van der Waals surface area contributed by atoms with Crippen molar-refractivity contribution < 1.29 is 14.7 Å². The number of fused-ring (bicyclic) bond motifs is 2. The molecule has 2 N–H and O–H groups in total. The number of para-hydroxylation sites is 1. The molecule has 0 fully saturated rings. The molecular weight excluding hydrogens is 292 g/mol. The van der Waals surface area contributed by atoms with E-state index in [1.165, 1.54) is 4.90 Å². The Morgan fingerprint density at radius 2 is 1.83 bits per heavy atom. The zero-order valence-corrected chi connectivity index (χ0v) is 12.2. The lowest BCUT2D eigenvalue weighted by Gasteiger charge is -2.23. The minimum absolute atomic E-state index is 0.238. The molecule has 1 aromatic heterocycles. The van der Waals surface area contributed by atoms with Crippen LogP contribution in [0.25, 0.3) is 10.9 Å². The van der Waals surface area contributed by atoms with Gasteiger partial charge in [0.25, 0.3) is 5.91 Å². The average Bonchev–Trinajstić information content (AvgIpc) is 3.08. The van der Waals surface area contributed by atoms with E-state index in [0.717, 1.165) is 22.0 Å². The number of nitrogens with zero attached hydrogens (tertiary/aromatic N) is 1. The van der Waals surface area contributed by atoms with Crippen molar-refractivity contribution in [1.82, 2.24) is 9.88 Å². The molecule has 114 valence electrons. The highest BCUT2D eigenvalue weighted by Gasteiger charge is 2.39. The van der Waals surface area contributed by atoms with Gasteiger partial charge in [-0.25, -0.2) is 0 Å². The zero-order chi connectivity index (χ0) is 16.0. The van der Waals surface area contributed by atoms with Gasteiger partial charge in [-0.1, -0.05) is 36.4 Å². The third-order valence-electron chi connectivity index (χ3n) is 4.28. The first-order valence-electron chi connectivity index (χ1n) is 7.34. The zero-order valence-electron chi connectivity index (χ0n) is 12.2. The van der Waals surface area contributed by atoms with Gasteiger partial charge in [0.2, 0.25) is 0 Å². The number of hydrogen-bond donors (Lipinski definition) is 2. The van der Waals surface area contributed by atoms with Crippen molar-refractivity contribution in [3.63, 3.8) is 0 Å². The van der Waals surface area contributed by atoms with Crippen molar-refractivity contribution in [2.45, 2.75) is 6.04 Å². The first-order valence-corrected chi connectivity index (χ1v) is 7.34. The molecule has 0 saturated heterocycles. The summed E-state index contributed by atoms with van der Waals surface area (Å²) >= 11 is 0. The smallest absolute Gasteiger partial charge is 0.323 e. The van der Waals surface area contributed by atoms with Crippen molar-refractivity contribution in [2.24, 2.45) is 0 Å². The third kappa shape index (κ3) is 2.01. The van der Waals surface area contributed by atoms with E-state index >= 15 is 0 Å². The van der Waals surface area contributed by atoms with Crippen LogP contribution in [0.5, 0.6) is 0 Å². The largest absolute Gasteiger partial charge is 0.480 e. The standard InChI is InChI=1S/C18H14N2O3/c21-16(22)10-20-17(12-6-1-2-7-13(12)18(20)23)14-9-19-15-8-4-3-5-11(14)15/h1-9,17,19H,10H2,(H,21,22)/t17-/m0/s1. The van der Waals surface area contributed by atoms with Gasteiger partial charge < -0.3 is 15.0 Å². The van der Waals surface area contributed by atoms with Crippen LogP contribution in [0.1, 0.15) is 27.5 Å². The summed E-state index contributed by atoms with van der Waals surface area (Å²) in [6, 6.07) is 14.7. The van der Waals surface area contributed by atoms with E-state index in [1.807, 2.05) is 42.6 Å². The third-order valence-corrected chi connectivity index (χ3v) is 4.28. The quantitative estimate of drug-likeness (QED) is 0.781. The lowest BCUT2D eigenvalue weighted by atomic mass is 9.97. The Hall–Kier alpha value is -3.08. The van der Waals surface area contributed by atoms with Crippen LogP contribution >= 0.6 is 0 Å². The lowest BCUT2D eigenvalue weighted by molar-refractivity contribution is -0.138. The second-order valence-corrected chi connectivity index (χ2v) is 5.61. The summed E-state index contributed by atoms with van der Waals surface area (Å²) in [5.41, 5.74) is 3.31. The fraction of sp³-hybridized carbons (Fsp3) is 0.111. The van der Waals surface area contributed by atoms with E-state index < -0.39 is 5.97 Å². The van der Waals surface area contributed by atoms with Crippen LogP contribution < -0.4 is 0 Å². The summed E-state index contributed by atoms with van der Waals surface area (Å²) in [7, 11) is 0. The number of nitrogens with one attached hydrogen (secondary N) is 1. The van der Waals surface area contributed by atoms with Gasteiger partial charge in [0.15, 0.2) is 0 Å². The van der Waals surface area contributed by atoms with Gasteiger partial charge in [-0.2, -0.15) is 0 Å². The molecule has 0 spiro atoms. The average molecular weight is 306 g/mol. The highest BCUT2D eigenvalue weighted by atomic mass is 16.4. The Balaban J connectivity index is 1.93. The molecular formula is C18H14N2O3. The minimum atomic E-state index is -1.02. The van der Waals surface area contributed by atoms with Crippen LogP contribution in [0, 0.1) is 0 Å². The van der Waals surface area contributed by atoms with Crippen LogP contribution in [0.2, 0.25) is 0 Å². The number of carboxylic acid groups (broad SMARTS) is 1. The second-order valence-electron chi connectivity index (χ2n) is 5.61. The van der Waals surface area contributed by atoms with E-state index in [2.05, 4.69) is 4.98 Å². The number of H-pyrrole nitrogens is 1.